The number of rotatable bonds is 3. The molecule has 2 aromatic rings. The lowest BCUT2D eigenvalue weighted by Crippen LogP contribution is -2.48. The maximum absolute atomic E-state index is 12.4. The van der Waals surface area contributed by atoms with E-state index in [9.17, 15) is 9.90 Å². The average Bonchev–Trinajstić information content (AvgIpc) is 2.85. The Hall–Kier alpha value is -2.14. The summed E-state index contributed by atoms with van der Waals surface area (Å²) < 4.78 is 0. The van der Waals surface area contributed by atoms with Crippen LogP contribution in [0, 0.1) is 12.8 Å². The third-order valence-electron chi connectivity index (χ3n) is 5.12. The first-order valence-corrected chi connectivity index (χ1v) is 8.26. The van der Waals surface area contributed by atoms with Crippen LogP contribution in [0.25, 0.3) is 0 Å². The fourth-order valence-corrected chi connectivity index (χ4v) is 4.02. The number of benzene rings is 1. The monoisotopic (exact) mass is 327 g/mol. The van der Waals surface area contributed by atoms with Gasteiger partial charge in [-0.3, -0.25) is 9.89 Å². The van der Waals surface area contributed by atoms with Crippen molar-refractivity contribution in [3.05, 3.63) is 46.8 Å². The highest BCUT2D eigenvalue weighted by molar-refractivity contribution is 5.82. The normalized spacial score (nSPS) is 26.1. The average molecular weight is 327 g/mol. The van der Waals surface area contributed by atoms with Gasteiger partial charge in [0.1, 0.15) is 5.78 Å². The van der Waals surface area contributed by atoms with Crippen LogP contribution in [0.2, 0.25) is 0 Å². The van der Waals surface area contributed by atoms with Crippen LogP contribution in [0.3, 0.4) is 0 Å². The summed E-state index contributed by atoms with van der Waals surface area (Å²) in [6, 6.07) is 8.19. The Morgan fingerprint density at radius 2 is 1.96 bits per heavy atom. The zero-order valence-electron chi connectivity index (χ0n) is 14.9. The Balaban J connectivity index is 2.17. The highest BCUT2D eigenvalue weighted by atomic mass is 16.3. The van der Waals surface area contributed by atoms with Crippen LogP contribution in [0.1, 0.15) is 42.3 Å². The molecule has 1 heterocycles. The maximum Gasteiger partial charge on any atom is 0.136 e. The lowest BCUT2D eigenvalue weighted by Gasteiger charge is -2.41. The smallest absolute Gasteiger partial charge is 0.136 e. The molecular weight excluding hydrogens is 302 g/mol. The summed E-state index contributed by atoms with van der Waals surface area (Å²) in [5.74, 6) is -0.657. The second kappa shape index (κ2) is 5.74. The summed E-state index contributed by atoms with van der Waals surface area (Å²) in [6.45, 7) is 5.29. The maximum atomic E-state index is 12.4. The number of aliphatic hydroxyl groups is 1. The van der Waals surface area contributed by atoms with E-state index in [0.29, 0.717) is 6.42 Å². The van der Waals surface area contributed by atoms with Crippen LogP contribution in [0.5, 0.6) is 0 Å². The summed E-state index contributed by atoms with van der Waals surface area (Å²) in [5.41, 5.74) is 3.91. The molecule has 5 heteroatoms. The summed E-state index contributed by atoms with van der Waals surface area (Å²) in [4.78, 5) is 14.5. The van der Waals surface area contributed by atoms with Crippen molar-refractivity contribution in [1.29, 1.82) is 0 Å². The number of aromatic nitrogens is 2. The van der Waals surface area contributed by atoms with Gasteiger partial charge in [-0.1, -0.05) is 12.1 Å². The van der Waals surface area contributed by atoms with E-state index in [1.807, 2.05) is 50.2 Å². The number of nitrogens with one attached hydrogen (secondary N) is 1. The van der Waals surface area contributed by atoms with Gasteiger partial charge in [-0.2, -0.15) is 5.10 Å². The predicted molar refractivity (Wildman–Crippen MR) is 94.4 cm³/mol. The van der Waals surface area contributed by atoms with Crippen molar-refractivity contribution in [3.8, 4) is 0 Å². The number of aromatic amines is 1. The minimum absolute atomic E-state index is 0.00735. The fraction of sp³-hybridized carbons (Fsp3) is 0.474. The lowest BCUT2D eigenvalue weighted by atomic mass is 9.64. The number of carbonyl (C=O) groups excluding carboxylic acids is 1. The van der Waals surface area contributed by atoms with Crippen LogP contribution in [0.4, 0.5) is 5.69 Å². The van der Waals surface area contributed by atoms with Crippen molar-refractivity contribution in [2.45, 2.75) is 38.7 Å². The number of fused-ring (bicyclic) bond motifs is 1. The molecule has 0 fully saturated rings. The van der Waals surface area contributed by atoms with E-state index in [1.54, 1.807) is 13.8 Å². The second-order valence-electron chi connectivity index (χ2n) is 7.29. The van der Waals surface area contributed by atoms with Crippen LogP contribution >= 0.6 is 0 Å². The van der Waals surface area contributed by atoms with E-state index in [2.05, 4.69) is 10.2 Å². The topological polar surface area (TPSA) is 69.2 Å². The SMILES string of the molecule is CC(=O)[C@H]1[C@H](c2ccc(N(C)C)cc2)c2c(n[nH]c2C)C[C@@]1(C)O. The van der Waals surface area contributed by atoms with Gasteiger partial charge in [0.25, 0.3) is 0 Å². The van der Waals surface area contributed by atoms with Crippen molar-refractivity contribution in [3.63, 3.8) is 0 Å². The van der Waals surface area contributed by atoms with Gasteiger partial charge < -0.3 is 10.0 Å². The molecule has 128 valence electrons. The molecule has 1 aliphatic rings. The summed E-state index contributed by atoms with van der Waals surface area (Å²) in [5, 5.41) is 18.3. The van der Waals surface area contributed by atoms with E-state index in [1.165, 1.54) is 0 Å². The fourth-order valence-electron chi connectivity index (χ4n) is 4.02. The number of Topliss-reactive ketones (excluding diaryl/α,β-unsaturated/α-hetero) is 1. The molecule has 0 radical (unpaired) electrons. The van der Waals surface area contributed by atoms with Crippen LogP contribution in [-0.2, 0) is 11.2 Å². The molecule has 0 unspecified atom stereocenters. The van der Waals surface area contributed by atoms with E-state index in [4.69, 9.17) is 0 Å². The molecule has 1 aliphatic carbocycles. The molecule has 5 nitrogen and oxygen atoms in total. The third kappa shape index (κ3) is 2.63. The Morgan fingerprint density at radius 3 is 2.50 bits per heavy atom. The number of hydrogen-bond donors (Lipinski definition) is 2. The quantitative estimate of drug-likeness (QED) is 0.908. The lowest BCUT2D eigenvalue weighted by molar-refractivity contribution is -0.130. The molecule has 0 aliphatic heterocycles. The van der Waals surface area contributed by atoms with Crippen molar-refractivity contribution >= 4 is 11.5 Å². The number of carbonyl (C=O) groups is 1. The second-order valence-corrected chi connectivity index (χ2v) is 7.29. The Morgan fingerprint density at radius 1 is 1.33 bits per heavy atom. The highest BCUT2D eigenvalue weighted by Crippen LogP contribution is 2.46. The summed E-state index contributed by atoms with van der Waals surface area (Å²) in [7, 11) is 3.99. The third-order valence-corrected chi connectivity index (χ3v) is 5.12. The van der Waals surface area contributed by atoms with Gasteiger partial charge in [0.15, 0.2) is 0 Å². The van der Waals surface area contributed by atoms with Crippen LogP contribution < -0.4 is 4.90 Å². The molecule has 0 spiro atoms. The minimum Gasteiger partial charge on any atom is -0.389 e. The number of aryl methyl sites for hydroxylation is 1. The van der Waals surface area contributed by atoms with E-state index in [0.717, 1.165) is 28.2 Å². The first kappa shape index (κ1) is 16.7. The molecule has 0 bridgehead atoms. The first-order chi connectivity index (χ1) is 11.2. The van der Waals surface area contributed by atoms with Gasteiger partial charge in [-0.15, -0.1) is 0 Å². The molecular formula is C19H25N3O2. The molecule has 3 atom stereocenters. The van der Waals surface area contributed by atoms with Crippen molar-refractivity contribution in [2.24, 2.45) is 5.92 Å². The number of ketones is 1. The molecule has 3 rings (SSSR count). The molecule has 0 saturated heterocycles. The minimum atomic E-state index is -1.11. The van der Waals surface area contributed by atoms with E-state index >= 15 is 0 Å². The van der Waals surface area contributed by atoms with Gasteiger partial charge in [0.05, 0.1) is 17.2 Å². The van der Waals surface area contributed by atoms with E-state index < -0.39 is 11.5 Å². The van der Waals surface area contributed by atoms with Crippen LogP contribution in [-0.4, -0.2) is 40.8 Å². The Bertz CT molecular complexity index is 759. The summed E-state index contributed by atoms with van der Waals surface area (Å²) in [6.07, 6.45) is 0.392. The summed E-state index contributed by atoms with van der Waals surface area (Å²) >= 11 is 0. The molecule has 24 heavy (non-hydrogen) atoms. The number of nitrogens with zero attached hydrogens (tertiary/aromatic N) is 2. The first-order valence-electron chi connectivity index (χ1n) is 8.26. The van der Waals surface area contributed by atoms with Crippen molar-refractivity contribution in [1.82, 2.24) is 10.2 Å². The Labute approximate surface area is 142 Å². The molecule has 1 aromatic carbocycles. The Kier molecular flexibility index (Phi) is 4.00. The van der Waals surface area contributed by atoms with Gasteiger partial charge >= 0.3 is 0 Å². The zero-order valence-corrected chi connectivity index (χ0v) is 14.9. The van der Waals surface area contributed by atoms with Crippen molar-refractivity contribution in [2.75, 3.05) is 19.0 Å². The highest BCUT2D eigenvalue weighted by Gasteiger charge is 2.48. The number of hydrogen-bond acceptors (Lipinski definition) is 4. The van der Waals surface area contributed by atoms with Crippen LogP contribution in [0.15, 0.2) is 24.3 Å². The van der Waals surface area contributed by atoms with E-state index in [-0.39, 0.29) is 11.7 Å². The number of H-pyrrole nitrogens is 1. The van der Waals surface area contributed by atoms with Gasteiger partial charge in [-0.25, -0.2) is 0 Å². The van der Waals surface area contributed by atoms with Gasteiger partial charge in [-0.05, 0) is 38.5 Å². The molecule has 1 aromatic heterocycles. The number of anilines is 1. The zero-order chi connectivity index (χ0) is 17.6. The van der Waals surface area contributed by atoms with Gasteiger partial charge in [0.2, 0.25) is 0 Å². The van der Waals surface area contributed by atoms with Crippen molar-refractivity contribution < 1.29 is 9.90 Å². The largest absolute Gasteiger partial charge is 0.389 e. The molecule has 2 N–H and O–H groups in total. The molecule has 0 saturated carbocycles. The molecule has 0 amide bonds. The predicted octanol–water partition coefficient (Wildman–Crippen LogP) is 2.43. The van der Waals surface area contributed by atoms with Gasteiger partial charge in [0, 0.05) is 43.4 Å². The standard InChI is InChI=1S/C19H25N3O2/c1-11-16-15(21-20-11)10-19(3,24)18(12(2)23)17(16)13-6-8-14(9-7-13)22(4)5/h6-9,17-18,24H,10H2,1-5H3,(H,20,21)/t17-,18+,19-/m1/s1.